The van der Waals surface area contributed by atoms with E-state index >= 15 is 0 Å². The van der Waals surface area contributed by atoms with Gasteiger partial charge in [0.1, 0.15) is 11.6 Å². The fourth-order valence-electron chi connectivity index (χ4n) is 3.34. The molecule has 3 aromatic rings. The quantitative estimate of drug-likeness (QED) is 0.655. The van der Waals surface area contributed by atoms with Crippen molar-refractivity contribution in [1.82, 2.24) is 4.98 Å². The summed E-state index contributed by atoms with van der Waals surface area (Å²) in [5.74, 6) is 1.68. The number of ether oxygens (including phenoxy) is 1. The van der Waals surface area contributed by atoms with E-state index in [-0.39, 0.29) is 5.91 Å². The van der Waals surface area contributed by atoms with Crippen LogP contribution in [0.2, 0.25) is 0 Å². The summed E-state index contributed by atoms with van der Waals surface area (Å²) >= 11 is 0. The number of carbonyl (C=O) groups excluding carboxylic acids is 1. The lowest BCUT2D eigenvalue weighted by atomic mass is 10.1. The Bertz CT molecular complexity index is 981. The molecule has 0 fully saturated rings. The van der Waals surface area contributed by atoms with Crippen LogP contribution in [0.5, 0.6) is 5.75 Å². The molecule has 28 heavy (non-hydrogen) atoms. The van der Waals surface area contributed by atoms with Gasteiger partial charge in [0.15, 0.2) is 0 Å². The molecule has 1 heterocycles. The van der Waals surface area contributed by atoms with Crippen molar-refractivity contribution in [3.8, 4) is 5.75 Å². The minimum absolute atomic E-state index is 0.0574. The third kappa shape index (κ3) is 4.42. The van der Waals surface area contributed by atoms with Crippen molar-refractivity contribution in [2.75, 3.05) is 30.4 Å². The Morgan fingerprint density at radius 1 is 1.11 bits per heavy atom. The number of carbonyl (C=O) groups is 1. The van der Waals surface area contributed by atoms with Crippen LogP contribution in [0.15, 0.2) is 48.5 Å². The summed E-state index contributed by atoms with van der Waals surface area (Å²) in [4.78, 5) is 19.5. The van der Waals surface area contributed by atoms with E-state index in [1.807, 2.05) is 42.5 Å². The van der Waals surface area contributed by atoms with Crippen LogP contribution >= 0.6 is 0 Å². The summed E-state index contributed by atoms with van der Waals surface area (Å²) in [6, 6.07) is 15.5. The summed E-state index contributed by atoms with van der Waals surface area (Å²) in [5, 5.41) is 4.04. The highest BCUT2D eigenvalue weighted by Crippen LogP contribution is 2.25. The molecule has 0 saturated heterocycles. The summed E-state index contributed by atoms with van der Waals surface area (Å²) in [5.41, 5.74) is 3.78. The van der Waals surface area contributed by atoms with E-state index in [4.69, 9.17) is 9.72 Å². The second-order valence-electron chi connectivity index (χ2n) is 6.78. The largest absolute Gasteiger partial charge is 0.497 e. The van der Waals surface area contributed by atoms with Gasteiger partial charge in [-0.25, -0.2) is 4.98 Å². The number of anilines is 2. The number of nitrogens with one attached hydrogen (secondary N) is 1. The molecular weight excluding hydrogens is 350 g/mol. The zero-order valence-corrected chi connectivity index (χ0v) is 17.0. The summed E-state index contributed by atoms with van der Waals surface area (Å²) in [7, 11) is 1.62. The normalized spacial score (nSPS) is 10.7. The van der Waals surface area contributed by atoms with Crippen molar-refractivity contribution >= 4 is 28.3 Å². The minimum atomic E-state index is -0.0574. The molecule has 1 amide bonds. The van der Waals surface area contributed by atoms with Gasteiger partial charge < -0.3 is 15.0 Å². The van der Waals surface area contributed by atoms with Crippen molar-refractivity contribution < 1.29 is 9.53 Å². The van der Waals surface area contributed by atoms with E-state index < -0.39 is 0 Å². The Morgan fingerprint density at radius 3 is 2.61 bits per heavy atom. The van der Waals surface area contributed by atoms with Gasteiger partial charge in [-0.2, -0.15) is 0 Å². The second kappa shape index (κ2) is 8.74. The molecule has 0 atom stereocenters. The topological polar surface area (TPSA) is 54.5 Å². The molecule has 5 heteroatoms. The standard InChI is InChI=1S/C23H27N3O2/c1-5-26(6-2)22-12-16(3)20-15-18(10-11-21(20)25-22)24-23(27)14-17-8-7-9-19(13-17)28-4/h7-13,15H,5-6,14H2,1-4H3,(H,24,27). The predicted octanol–water partition coefficient (Wildman–Crippen LogP) is 4.58. The van der Waals surface area contributed by atoms with Crippen LogP contribution in [0.4, 0.5) is 11.5 Å². The number of rotatable bonds is 7. The smallest absolute Gasteiger partial charge is 0.228 e. The lowest BCUT2D eigenvalue weighted by Crippen LogP contribution is -2.23. The average molecular weight is 377 g/mol. The second-order valence-corrected chi connectivity index (χ2v) is 6.78. The van der Waals surface area contributed by atoms with Gasteiger partial charge in [0.2, 0.25) is 5.91 Å². The van der Waals surface area contributed by atoms with E-state index in [9.17, 15) is 4.79 Å². The average Bonchev–Trinajstić information content (AvgIpc) is 2.69. The van der Waals surface area contributed by atoms with Gasteiger partial charge in [0.05, 0.1) is 19.0 Å². The number of hydrogen-bond acceptors (Lipinski definition) is 4. The van der Waals surface area contributed by atoms with Crippen molar-refractivity contribution in [1.29, 1.82) is 0 Å². The molecule has 0 radical (unpaired) electrons. The van der Waals surface area contributed by atoms with Gasteiger partial charge in [-0.05, 0) is 68.3 Å². The highest BCUT2D eigenvalue weighted by molar-refractivity contribution is 5.95. The molecule has 1 aromatic heterocycles. The number of benzene rings is 2. The molecule has 0 unspecified atom stereocenters. The number of hydrogen-bond donors (Lipinski definition) is 1. The van der Waals surface area contributed by atoms with Crippen molar-refractivity contribution in [3.63, 3.8) is 0 Å². The van der Waals surface area contributed by atoms with Crippen LogP contribution in [0.1, 0.15) is 25.0 Å². The first-order valence-corrected chi connectivity index (χ1v) is 9.63. The Balaban J connectivity index is 1.79. The molecule has 0 aliphatic carbocycles. The lowest BCUT2D eigenvalue weighted by Gasteiger charge is -2.21. The molecule has 0 aliphatic heterocycles. The zero-order chi connectivity index (χ0) is 20.1. The van der Waals surface area contributed by atoms with Crippen LogP contribution in [0, 0.1) is 6.92 Å². The maximum absolute atomic E-state index is 12.4. The number of nitrogens with zero attached hydrogens (tertiary/aromatic N) is 2. The minimum Gasteiger partial charge on any atom is -0.497 e. The van der Waals surface area contributed by atoms with Crippen molar-refractivity contribution in [2.24, 2.45) is 0 Å². The molecule has 5 nitrogen and oxygen atoms in total. The fourth-order valence-corrected chi connectivity index (χ4v) is 3.34. The molecule has 1 N–H and O–H groups in total. The number of pyridine rings is 1. The van der Waals surface area contributed by atoms with E-state index in [0.29, 0.717) is 6.42 Å². The summed E-state index contributed by atoms with van der Waals surface area (Å²) in [6.07, 6.45) is 0.299. The van der Waals surface area contributed by atoms with Crippen molar-refractivity contribution in [2.45, 2.75) is 27.2 Å². The van der Waals surface area contributed by atoms with E-state index in [2.05, 4.69) is 37.1 Å². The summed E-state index contributed by atoms with van der Waals surface area (Å²) < 4.78 is 5.22. The van der Waals surface area contributed by atoms with Gasteiger partial charge in [-0.3, -0.25) is 4.79 Å². The SMILES string of the molecule is CCN(CC)c1cc(C)c2cc(NC(=O)Cc3cccc(OC)c3)ccc2n1. The Hall–Kier alpha value is -3.08. The Morgan fingerprint density at radius 2 is 1.89 bits per heavy atom. The van der Waals surface area contributed by atoms with Crippen LogP contribution in [-0.4, -0.2) is 31.1 Å². The predicted molar refractivity (Wildman–Crippen MR) is 115 cm³/mol. The van der Waals surface area contributed by atoms with Crippen LogP contribution in [-0.2, 0) is 11.2 Å². The number of amides is 1. The molecule has 3 rings (SSSR count). The third-order valence-corrected chi connectivity index (χ3v) is 4.87. The van der Waals surface area contributed by atoms with Gasteiger partial charge in [-0.15, -0.1) is 0 Å². The van der Waals surface area contributed by atoms with Gasteiger partial charge >= 0.3 is 0 Å². The van der Waals surface area contributed by atoms with Gasteiger partial charge in [0, 0.05) is 24.2 Å². The zero-order valence-electron chi connectivity index (χ0n) is 17.0. The van der Waals surface area contributed by atoms with Gasteiger partial charge in [-0.1, -0.05) is 12.1 Å². The highest BCUT2D eigenvalue weighted by atomic mass is 16.5. The highest BCUT2D eigenvalue weighted by Gasteiger charge is 2.10. The number of aromatic nitrogens is 1. The number of methoxy groups -OCH3 is 1. The summed E-state index contributed by atoms with van der Waals surface area (Å²) in [6.45, 7) is 8.19. The van der Waals surface area contributed by atoms with Crippen LogP contribution in [0.25, 0.3) is 10.9 Å². The van der Waals surface area contributed by atoms with E-state index in [1.54, 1.807) is 7.11 Å². The first kappa shape index (κ1) is 19.7. The maximum atomic E-state index is 12.4. The van der Waals surface area contributed by atoms with Crippen LogP contribution in [0.3, 0.4) is 0 Å². The molecular formula is C23H27N3O2. The molecule has 0 spiro atoms. The monoisotopic (exact) mass is 377 g/mol. The third-order valence-electron chi connectivity index (χ3n) is 4.87. The molecule has 146 valence electrons. The number of aryl methyl sites for hydroxylation is 1. The Labute approximate surface area is 166 Å². The van der Waals surface area contributed by atoms with E-state index in [0.717, 1.165) is 52.4 Å². The van der Waals surface area contributed by atoms with Crippen LogP contribution < -0.4 is 15.0 Å². The Kier molecular flexibility index (Phi) is 6.14. The fraction of sp³-hybridized carbons (Fsp3) is 0.304. The maximum Gasteiger partial charge on any atom is 0.228 e. The van der Waals surface area contributed by atoms with E-state index in [1.165, 1.54) is 0 Å². The molecule has 2 aromatic carbocycles. The van der Waals surface area contributed by atoms with Gasteiger partial charge in [0.25, 0.3) is 0 Å². The first-order valence-electron chi connectivity index (χ1n) is 9.63. The first-order chi connectivity index (χ1) is 13.5. The number of fused-ring (bicyclic) bond motifs is 1. The molecule has 0 bridgehead atoms. The van der Waals surface area contributed by atoms with Crippen molar-refractivity contribution in [3.05, 3.63) is 59.7 Å². The molecule has 0 aliphatic rings. The lowest BCUT2D eigenvalue weighted by molar-refractivity contribution is -0.115. The molecule has 0 saturated carbocycles.